The Morgan fingerprint density at radius 2 is 2.00 bits per heavy atom. The van der Waals surface area contributed by atoms with Gasteiger partial charge in [0.15, 0.2) is 0 Å². The lowest BCUT2D eigenvalue weighted by atomic mass is 9.73. The SMILES string of the molecule is C#CCN(CC#CC)C(=O)C1CCC1C(=O)O. The van der Waals surface area contributed by atoms with Crippen molar-refractivity contribution in [2.45, 2.75) is 19.8 Å². The quantitative estimate of drug-likeness (QED) is 0.723. The van der Waals surface area contributed by atoms with Crippen LogP contribution in [0.25, 0.3) is 0 Å². The zero-order valence-electron chi connectivity index (χ0n) is 9.77. The molecule has 1 rings (SSSR count). The van der Waals surface area contributed by atoms with E-state index in [4.69, 9.17) is 11.5 Å². The Morgan fingerprint density at radius 1 is 1.35 bits per heavy atom. The average molecular weight is 233 g/mol. The van der Waals surface area contributed by atoms with E-state index in [9.17, 15) is 9.59 Å². The van der Waals surface area contributed by atoms with Gasteiger partial charge >= 0.3 is 5.97 Å². The highest BCUT2D eigenvalue weighted by Gasteiger charge is 2.42. The van der Waals surface area contributed by atoms with Crippen molar-refractivity contribution in [2.75, 3.05) is 13.1 Å². The molecule has 1 amide bonds. The number of hydrogen-bond acceptors (Lipinski definition) is 2. The lowest BCUT2D eigenvalue weighted by molar-refractivity contribution is -0.156. The predicted octanol–water partition coefficient (Wildman–Crippen LogP) is 0.582. The molecule has 0 bridgehead atoms. The van der Waals surface area contributed by atoms with Gasteiger partial charge in [0.2, 0.25) is 5.91 Å². The van der Waals surface area contributed by atoms with Crippen LogP contribution >= 0.6 is 0 Å². The Bertz CT molecular complexity index is 411. The van der Waals surface area contributed by atoms with Gasteiger partial charge in [0, 0.05) is 0 Å². The number of nitrogens with zero attached hydrogens (tertiary/aromatic N) is 1. The van der Waals surface area contributed by atoms with Crippen molar-refractivity contribution >= 4 is 11.9 Å². The number of carboxylic acid groups (broad SMARTS) is 1. The van der Waals surface area contributed by atoms with E-state index < -0.39 is 17.8 Å². The summed E-state index contributed by atoms with van der Waals surface area (Å²) in [5.41, 5.74) is 0. The number of rotatable bonds is 4. The molecule has 2 atom stereocenters. The molecule has 0 aromatic heterocycles. The van der Waals surface area contributed by atoms with Gasteiger partial charge in [0.1, 0.15) is 0 Å². The number of hydrogen-bond donors (Lipinski definition) is 1. The number of aliphatic carboxylic acids is 1. The van der Waals surface area contributed by atoms with Gasteiger partial charge in [0.25, 0.3) is 0 Å². The average Bonchev–Trinajstić information content (AvgIpc) is 2.21. The molecule has 0 heterocycles. The van der Waals surface area contributed by atoms with E-state index in [0.717, 1.165) is 0 Å². The van der Waals surface area contributed by atoms with E-state index in [-0.39, 0.29) is 19.0 Å². The van der Waals surface area contributed by atoms with Gasteiger partial charge in [0.05, 0.1) is 24.9 Å². The Hall–Kier alpha value is -1.94. The van der Waals surface area contributed by atoms with Gasteiger partial charge in [-0.2, -0.15) is 0 Å². The summed E-state index contributed by atoms with van der Waals surface area (Å²) in [5, 5.41) is 8.90. The molecule has 1 aliphatic carbocycles. The number of carbonyl (C=O) groups excluding carboxylic acids is 1. The highest BCUT2D eigenvalue weighted by atomic mass is 16.4. The molecule has 4 heteroatoms. The molecule has 2 unspecified atom stereocenters. The van der Waals surface area contributed by atoms with Crippen LogP contribution in [-0.2, 0) is 9.59 Å². The zero-order chi connectivity index (χ0) is 12.8. The second-order valence-electron chi connectivity index (χ2n) is 3.95. The van der Waals surface area contributed by atoms with Crippen molar-refractivity contribution in [3.05, 3.63) is 0 Å². The maximum absolute atomic E-state index is 12.0. The van der Waals surface area contributed by atoms with E-state index >= 15 is 0 Å². The molecule has 17 heavy (non-hydrogen) atoms. The molecule has 0 aromatic rings. The van der Waals surface area contributed by atoms with Gasteiger partial charge in [-0.3, -0.25) is 9.59 Å². The number of carbonyl (C=O) groups is 2. The highest BCUT2D eigenvalue weighted by Crippen LogP contribution is 2.35. The van der Waals surface area contributed by atoms with E-state index in [1.807, 2.05) is 0 Å². The summed E-state index contributed by atoms with van der Waals surface area (Å²) in [7, 11) is 0. The molecule has 0 aliphatic heterocycles. The van der Waals surface area contributed by atoms with Crippen LogP contribution in [0.3, 0.4) is 0 Å². The summed E-state index contributed by atoms with van der Waals surface area (Å²) in [5.74, 6) is 5.77. The molecule has 1 saturated carbocycles. The van der Waals surface area contributed by atoms with Crippen molar-refractivity contribution in [2.24, 2.45) is 11.8 Å². The lowest BCUT2D eigenvalue weighted by Gasteiger charge is -2.35. The van der Waals surface area contributed by atoms with Crippen LogP contribution in [0.5, 0.6) is 0 Å². The minimum atomic E-state index is -0.906. The van der Waals surface area contributed by atoms with Crippen molar-refractivity contribution < 1.29 is 14.7 Å². The van der Waals surface area contributed by atoms with Crippen LogP contribution in [-0.4, -0.2) is 35.0 Å². The standard InChI is InChI=1S/C13H15NO3/c1-3-5-9-14(8-4-2)12(15)10-6-7-11(10)13(16)17/h2,10-11H,6-9H2,1H3,(H,16,17). The first-order valence-corrected chi connectivity index (χ1v) is 5.46. The Balaban J connectivity index is 2.67. The first-order valence-electron chi connectivity index (χ1n) is 5.46. The van der Waals surface area contributed by atoms with Crippen LogP contribution in [0.2, 0.25) is 0 Å². The third kappa shape index (κ3) is 3.01. The first-order chi connectivity index (χ1) is 8.11. The van der Waals surface area contributed by atoms with Gasteiger partial charge in [-0.1, -0.05) is 11.8 Å². The molecule has 0 aromatic carbocycles. The van der Waals surface area contributed by atoms with E-state index in [0.29, 0.717) is 12.8 Å². The Morgan fingerprint density at radius 3 is 2.41 bits per heavy atom. The second kappa shape index (κ2) is 5.96. The molecule has 1 fully saturated rings. The summed E-state index contributed by atoms with van der Waals surface area (Å²) in [6.07, 6.45) is 6.37. The van der Waals surface area contributed by atoms with Crippen LogP contribution < -0.4 is 0 Å². The van der Waals surface area contributed by atoms with Crippen LogP contribution in [0.1, 0.15) is 19.8 Å². The highest BCUT2D eigenvalue weighted by molar-refractivity contribution is 5.86. The minimum Gasteiger partial charge on any atom is -0.481 e. The van der Waals surface area contributed by atoms with Crippen molar-refractivity contribution in [1.29, 1.82) is 0 Å². The van der Waals surface area contributed by atoms with Crippen LogP contribution in [0.15, 0.2) is 0 Å². The molecular formula is C13H15NO3. The first kappa shape index (κ1) is 13.1. The zero-order valence-corrected chi connectivity index (χ0v) is 9.77. The minimum absolute atomic E-state index is 0.177. The molecule has 4 nitrogen and oxygen atoms in total. The fourth-order valence-corrected chi connectivity index (χ4v) is 1.82. The van der Waals surface area contributed by atoms with Gasteiger partial charge < -0.3 is 10.0 Å². The number of amides is 1. The third-order valence-electron chi connectivity index (χ3n) is 2.95. The fourth-order valence-electron chi connectivity index (χ4n) is 1.82. The van der Waals surface area contributed by atoms with Crippen molar-refractivity contribution in [3.8, 4) is 24.2 Å². The maximum Gasteiger partial charge on any atom is 0.307 e. The van der Waals surface area contributed by atoms with Gasteiger partial charge in [-0.15, -0.1) is 12.3 Å². The lowest BCUT2D eigenvalue weighted by Crippen LogP contribution is -2.46. The topological polar surface area (TPSA) is 57.6 Å². The predicted molar refractivity (Wildman–Crippen MR) is 62.7 cm³/mol. The summed E-state index contributed by atoms with van der Waals surface area (Å²) < 4.78 is 0. The molecule has 1 N–H and O–H groups in total. The monoisotopic (exact) mass is 233 g/mol. The van der Waals surface area contributed by atoms with E-state index in [1.165, 1.54) is 4.90 Å². The third-order valence-corrected chi connectivity index (χ3v) is 2.95. The van der Waals surface area contributed by atoms with Crippen molar-refractivity contribution in [3.63, 3.8) is 0 Å². The summed E-state index contributed by atoms with van der Waals surface area (Å²) >= 11 is 0. The number of carboxylic acids is 1. The van der Waals surface area contributed by atoms with Crippen LogP contribution in [0.4, 0.5) is 0 Å². The smallest absolute Gasteiger partial charge is 0.307 e. The summed E-state index contributed by atoms with van der Waals surface area (Å²) in [6, 6.07) is 0. The van der Waals surface area contributed by atoms with Gasteiger partial charge in [-0.25, -0.2) is 0 Å². The van der Waals surface area contributed by atoms with Crippen LogP contribution in [0, 0.1) is 36.0 Å². The Labute approximate surface area is 101 Å². The molecule has 0 radical (unpaired) electrons. The molecule has 0 saturated heterocycles. The largest absolute Gasteiger partial charge is 0.481 e. The molecule has 0 spiro atoms. The second-order valence-corrected chi connectivity index (χ2v) is 3.95. The maximum atomic E-state index is 12.0. The molecule has 90 valence electrons. The van der Waals surface area contributed by atoms with Crippen molar-refractivity contribution in [1.82, 2.24) is 4.90 Å². The number of terminal acetylenes is 1. The molecule has 1 aliphatic rings. The fraction of sp³-hybridized carbons (Fsp3) is 0.538. The molecular weight excluding hydrogens is 218 g/mol. The van der Waals surface area contributed by atoms with Gasteiger partial charge in [-0.05, 0) is 19.8 Å². The van der Waals surface area contributed by atoms with E-state index in [1.54, 1.807) is 6.92 Å². The normalized spacial score (nSPS) is 21.4. The Kier molecular flexibility index (Phi) is 4.60. The summed E-state index contributed by atoms with van der Waals surface area (Å²) in [4.78, 5) is 24.3. The van der Waals surface area contributed by atoms with E-state index in [2.05, 4.69) is 17.8 Å². The summed E-state index contributed by atoms with van der Waals surface area (Å²) in [6.45, 7) is 2.13.